The summed E-state index contributed by atoms with van der Waals surface area (Å²) in [6.45, 7) is 6.26. The third-order valence-electron chi connectivity index (χ3n) is 7.76. The highest BCUT2D eigenvalue weighted by molar-refractivity contribution is 5.54. The van der Waals surface area contributed by atoms with Crippen molar-refractivity contribution in [2.24, 2.45) is 0 Å². The lowest BCUT2D eigenvalue weighted by Gasteiger charge is -2.39. The molecular weight excluding hydrogens is 451 g/mol. The van der Waals surface area contributed by atoms with Gasteiger partial charge >= 0.3 is 0 Å². The fraction of sp³-hybridized carbons (Fsp3) is 0.419. The molecule has 0 spiro atoms. The Morgan fingerprint density at radius 2 is 1.89 bits per heavy atom. The standard InChI is InChI=1S/C31H37FN2O2/c1-21-18-23(7-14-31(21)36-22(2)29-6-4-5-16-33-29)19-30-28-13-12-27(35-3)20-24(28)15-17-34(30)26-10-8-25(32)9-11-26/h7-14,18,20,22,29-30,33H,4-6,15-17,19H2,1-3H3. The number of ether oxygens (including phenoxy) is 2. The van der Waals surface area contributed by atoms with E-state index >= 15 is 0 Å². The number of hydrogen-bond donors (Lipinski definition) is 1. The number of methoxy groups -OCH3 is 1. The molecule has 4 nitrogen and oxygen atoms in total. The summed E-state index contributed by atoms with van der Waals surface area (Å²) in [4.78, 5) is 2.41. The predicted molar refractivity (Wildman–Crippen MR) is 144 cm³/mol. The summed E-state index contributed by atoms with van der Waals surface area (Å²) in [5.74, 6) is 1.64. The Labute approximate surface area is 214 Å². The molecule has 5 heteroatoms. The van der Waals surface area contributed by atoms with E-state index in [4.69, 9.17) is 9.47 Å². The molecule has 2 heterocycles. The van der Waals surface area contributed by atoms with Gasteiger partial charge in [-0.3, -0.25) is 0 Å². The fourth-order valence-electron chi connectivity index (χ4n) is 5.73. The number of aryl methyl sites for hydroxylation is 1. The number of nitrogens with zero attached hydrogens (tertiary/aromatic N) is 1. The van der Waals surface area contributed by atoms with Crippen molar-refractivity contribution in [1.29, 1.82) is 0 Å². The zero-order valence-electron chi connectivity index (χ0n) is 21.6. The van der Waals surface area contributed by atoms with Crippen molar-refractivity contribution in [2.45, 2.75) is 64.1 Å². The Hall–Kier alpha value is -3.05. The van der Waals surface area contributed by atoms with Crippen molar-refractivity contribution in [1.82, 2.24) is 5.32 Å². The Bertz CT molecular complexity index is 1170. The first kappa shape index (κ1) is 24.6. The SMILES string of the molecule is COc1ccc2c(c1)CCN(c1ccc(F)cc1)C2Cc1ccc(OC(C)C2CCCCN2)c(C)c1. The molecule has 0 aromatic heterocycles. The second-order valence-corrected chi connectivity index (χ2v) is 10.2. The van der Waals surface area contributed by atoms with Crippen LogP contribution in [0.2, 0.25) is 0 Å². The molecule has 0 radical (unpaired) electrons. The Balaban J connectivity index is 1.39. The first-order valence-electron chi connectivity index (χ1n) is 13.2. The highest BCUT2D eigenvalue weighted by Gasteiger charge is 2.29. The molecule has 3 unspecified atom stereocenters. The molecule has 1 fully saturated rings. The minimum atomic E-state index is -0.207. The van der Waals surface area contributed by atoms with E-state index in [0.717, 1.165) is 48.7 Å². The third-order valence-corrected chi connectivity index (χ3v) is 7.76. The summed E-state index contributed by atoms with van der Waals surface area (Å²) >= 11 is 0. The van der Waals surface area contributed by atoms with E-state index in [1.807, 2.05) is 18.2 Å². The van der Waals surface area contributed by atoms with Crippen LogP contribution in [0.3, 0.4) is 0 Å². The highest BCUT2D eigenvalue weighted by Crippen LogP contribution is 2.38. The van der Waals surface area contributed by atoms with E-state index in [1.54, 1.807) is 19.2 Å². The number of rotatable bonds is 7. The number of nitrogens with one attached hydrogen (secondary N) is 1. The molecule has 3 aromatic carbocycles. The molecular formula is C31H37FN2O2. The lowest BCUT2D eigenvalue weighted by atomic mass is 9.87. The molecule has 36 heavy (non-hydrogen) atoms. The topological polar surface area (TPSA) is 33.7 Å². The van der Waals surface area contributed by atoms with Crippen molar-refractivity contribution in [3.8, 4) is 11.5 Å². The molecule has 0 aliphatic carbocycles. The van der Waals surface area contributed by atoms with Crippen molar-refractivity contribution >= 4 is 5.69 Å². The van der Waals surface area contributed by atoms with Crippen LogP contribution in [-0.4, -0.2) is 32.3 Å². The minimum absolute atomic E-state index is 0.143. The van der Waals surface area contributed by atoms with Gasteiger partial charge < -0.3 is 19.7 Å². The Kier molecular flexibility index (Phi) is 7.47. The largest absolute Gasteiger partial charge is 0.497 e. The van der Waals surface area contributed by atoms with Gasteiger partial charge in [-0.2, -0.15) is 0 Å². The monoisotopic (exact) mass is 488 g/mol. The first-order valence-corrected chi connectivity index (χ1v) is 13.2. The average Bonchev–Trinajstić information content (AvgIpc) is 2.91. The van der Waals surface area contributed by atoms with Crippen LogP contribution in [0.15, 0.2) is 60.7 Å². The first-order chi connectivity index (χ1) is 17.5. The van der Waals surface area contributed by atoms with Gasteiger partial charge in [0.2, 0.25) is 0 Å². The maximum atomic E-state index is 13.7. The Morgan fingerprint density at radius 1 is 1.06 bits per heavy atom. The van der Waals surface area contributed by atoms with Crippen molar-refractivity contribution < 1.29 is 13.9 Å². The number of halogens is 1. The molecule has 2 aliphatic rings. The number of hydrogen-bond acceptors (Lipinski definition) is 4. The van der Waals surface area contributed by atoms with Gasteiger partial charge in [0, 0.05) is 18.3 Å². The van der Waals surface area contributed by atoms with Crippen LogP contribution < -0.4 is 19.7 Å². The van der Waals surface area contributed by atoms with Crippen LogP contribution in [0.1, 0.15) is 54.5 Å². The van der Waals surface area contributed by atoms with Crippen LogP contribution in [0.5, 0.6) is 11.5 Å². The molecule has 1 saturated heterocycles. The summed E-state index contributed by atoms with van der Waals surface area (Å²) in [5, 5.41) is 3.60. The zero-order valence-corrected chi connectivity index (χ0v) is 21.6. The van der Waals surface area contributed by atoms with Crippen molar-refractivity contribution in [3.05, 3.63) is 88.7 Å². The third kappa shape index (κ3) is 5.36. The zero-order chi connectivity index (χ0) is 25.1. The summed E-state index contributed by atoms with van der Waals surface area (Å²) < 4.78 is 25.5. The maximum Gasteiger partial charge on any atom is 0.123 e. The van der Waals surface area contributed by atoms with Gasteiger partial charge in [0.15, 0.2) is 0 Å². The summed E-state index contributed by atoms with van der Waals surface area (Å²) in [6, 6.07) is 20.4. The van der Waals surface area contributed by atoms with Gasteiger partial charge in [-0.1, -0.05) is 24.6 Å². The molecule has 2 aliphatic heterocycles. The van der Waals surface area contributed by atoms with Crippen LogP contribution in [0, 0.1) is 12.7 Å². The normalized spacial score (nSPS) is 20.5. The molecule has 0 saturated carbocycles. The van der Waals surface area contributed by atoms with Gasteiger partial charge in [-0.05, 0) is 111 Å². The van der Waals surface area contributed by atoms with Gasteiger partial charge in [-0.25, -0.2) is 4.39 Å². The van der Waals surface area contributed by atoms with Gasteiger partial charge in [0.1, 0.15) is 23.4 Å². The van der Waals surface area contributed by atoms with Crippen LogP contribution in [0.25, 0.3) is 0 Å². The second kappa shape index (κ2) is 10.9. The second-order valence-electron chi connectivity index (χ2n) is 10.2. The molecule has 0 amide bonds. The molecule has 1 N–H and O–H groups in total. The quantitative estimate of drug-likeness (QED) is 0.417. The summed E-state index contributed by atoms with van der Waals surface area (Å²) in [7, 11) is 1.71. The minimum Gasteiger partial charge on any atom is -0.497 e. The number of fused-ring (bicyclic) bond motifs is 1. The molecule has 3 aromatic rings. The van der Waals surface area contributed by atoms with Gasteiger partial charge in [0.25, 0.3) is 0 Å². The van der Waals surface area contributed by atoms with E-state index in [2.05, 4.69) is 54.4 Å². The average molecular weight is 489 g/mol. The predicted octanol–water partition coefficient (Wildman–Crippen LogP) is 6.40. The van der Waals surface area contributed by atoms with Gasteiger partial charge in [-0.15, -0.1) is 0 Å². The molecule has 5 rings (SSSR count). The number of anilines is 1. The molecule has 3 atom stereocenters. The smallest absolute Gasteiger partial charge is 0.123 e. The van der Waals surface area contributed by atoms with E-state index < -0.39 is 0 Å². The van der Waals surface area contributed by atoms with E-state index in [1.165, 1.54) is 36.0 Å². The fourth-order valence-corrected chi connectivity index (χ4v) is 5.73. The lowest BCUT2D eigenvalue weighted by Crippen LogP contribution is -2.44. The number of piperidine rings is 1. The van der Waals surface area contributed by atoms with E-state index in [0.29, 0.717) is 6.04 Å². The van der Waals surface area contributed by atoms with Crippen molar-refractivity contribution in [3.63, 3.8) is 0 Å². The molecule has 190 valence electrons. The summed E-state index contributed by atoms with van der Waals surface area (Å²) in [6.07, 6.45) is 5.62. The van der Waals surface area contributed by atoms with Crippen molar-refractivity contribution in [2.75, 3.05) is 25.1 Å². The van der Waals surface area contributed by atoms with E-state index in [9.17, 15) is 4.39 Å². The van der Waals surface area contributed by atoms with Crippen LogP contribution >= 0.6 is 0 Å². The lowest BCUT2D eigenvalue weighted by molar-refractivity contribution is 0.152. The highest BCUT2D eigenvalue weighted by atomic mass is 19.1. The summed E-state index contributed by atoms with van der Waals surface area (Å²) in [5.41, 5.74) is 6.11. The van der Waals surface area contributed by atoms with Crippen LogP contribution in [-0.2, 0) is 12.8 Å². The maximum absolute atomic E-state index is 13.7. The number of benzene rings is 3. The Morgan fingerprint density at radius 3 is 2.61 bits per heavy atom. The van der Waals surface area contributed by atoms with Gasteiger partial charge in [0.05, 0.1) is 13.2 Å². The van der Waals surface area contributed by atoms with E-state index in [-0.39, 0.29) is 18.0 Å². The molecule has 0 bridgehead atoms. The van der Waals surface area contributed by atoms with Crippen LogP contribution in [0.4, 0.5) is 10.1 Å².